The van der Waals surface area contributed by atoms with Crippen LogP contribution in [0.3, 0.4) is 0 Å². The Kier molecular flexibility index (Phi) is 6.60. The van der Waals surface area contributed by atoms with Crippen molar-refractivity contribution >= 4 is 17.6 Å². The summed E-state index contributed by atoms with van der Waals surface area (Å²) in [6.45, 7) is 2.05. The van der Waals surface area contributed by atoms with Gasteiger partial charge < -0.3 is 15.8 Å². The topological polar surface area (TPSA) is 79.9 Å². The van der Waals surface area contributed by atoms with Crippen molar-refractivity contribution in [1.82, 2.24) is 4.90 Å². The molecule has 2 aromatic carbocycles. The lowest BCUT2D eigenvalue weighted by Crippen LogP contribution is -2.41. The second kappa shape index (κ2) is 9.32. The van der Waals surface area contributed by atoms with E-state index in [1.54, 1.807) is 43.5 Å². The zero-order valence-corrected chi connectivity index (χ0v) is 15.9. The van der Waals surface area contributed by atoms with Gasteiger partial charge in [0.25, 0.3) is 0 Å². The Labute approximate surface area is 164 Å². The Balaban J connectivity index is 1.58. The largest absolute Gasteiger partial charge is 0.497 e. The molecule has 6 nitrogen and oxygen atoms in total. The van der Waals surface area contributed by atoms with E-state index in [2.05, 4.69) is 15.2 Å². The minimum atomic E-state index is -0.506. The lowest BCUT2D eigenvalue weighted by molar-refractivity contribution is 0.194. The Bertz CT molecular complexity index is 839. The highest BCUT2D eigenvalue weighted by Gasteiger charge is 2.24. The third-order valence-corrected chi connectivity index (χ3v) is 4.85. The zero-order valence-electron chi connectivity index (χ0n) is 15.9. The van der Waals surface area contributed by atoms with Crippen molar-refractivity contribution in [2.24, 2.45) is 16.6 Å². The van der Waals surface area contributed by atoms with Crippen molar-refractivity contribution in [3.63, 3.8) is 0 Å². The Morgan fingerprint density at radius 1 is 1.29 bits per heavy atom. The summed E-state index contributed by atoms with van der Waals surface area (Å²) < 4.78 is 19.0. The molecule has 0 aliphatic carbocycles. The smallest absolute Gasteiger partial charge is 0.347 e. The lowest BCUT2D eigenvalue weighted by atomic mass is 9.96. The number of amides is 2. The fourth-order valence-corrected chi connectivity index (χ4v) is 3.34. The first-order valence-electron chi connectivity index (χ1n) is 9.30. The van der Waals surface area contributed by atoms with E-state index in [4.69, 9.17) is 10.5 Å². The number of nitrogens with two attached hydrogens (primary N) is 1. The number of ether oxygens (including phenoxy) is 1. The van der Waals surface area contributed by atoms with Crippen LogP contribution < -0.4 is 15.8 Å². The highest BCUT2D eigenvalue weighted by Crippen LogP contribution is 2.20. The molecule has 1 aliphatic heterocycles. The van der Waals surface area contributed by atoms with Gasteiger partial charge in [0.1, 0.15) is 17.4 Å². The van der Waals surface area contributed by atoms with Gasteiger partial charge in [0.2, 0.25) is 0 Å². The first kappa shape index (κ1) is 19.8. The van der Waals surface area contributed by atoms with Crippen LogP contribution in [0.25, 0.3) is 0 Å². The number of rotatable bonds is 5. The van der Waals surface area contributed by atoms with Crippen LogP contribution in [0.4, 0.5) is 14.9 Å². The second-order valence-electron chi connectivity index (χ2n) is 6.86. The Morgan fingerprint density at radius 2 is 2.04 bits per heavy atom. The molecular weight excluding hydrogens is 359 g/mol. The van der Waals surface area contributed by atoms with Gasteiger partial charge >= 0.3 is 6.03 Å². The summed E-state index contributed by atoms with van der Waals surface area (Å²) in [6.07, 6.45) is 1.79. The first-order valence-corrected chi connectivity index (χ1v) is 9.30. The van der Waals surface area contributed by atoms with Gasteiger partial charge in [0.05, 0.1) is 7.11 Å². The summed E-state index contributed by atoms with van der Waals surface area (Å²) in [6, 6.07) is 13.2. The van der Waals surface area contributed by atoms with Crippen molar-refractivity contribution in [1.29, 1.82) is 0 Å². The van der Waals surface area contributed by atoms with Gasteiger partial charge in [-0.15, -0.1) is 0 Å². The number of methoxy groups -OCH3 is 1. The van der Waals surface area contributed by atoms with Gasteiger partial charge in [-0.1, -0.05) is 18.2 Å². The van der Waals surface area contributed by atoms with Crippen LogP contribution in [0.5, 0.6) is 5.75 Å². The van der Waals surface area contributed by atoms with Crippen molar-refractivity contribution in [3.8, 4) is 5.75 Å². The third-order valence-electron chi connectivity index (χ3n) is 4.85. The van der Waals surface area contributed by atoms with Gasteiger partial charge in [-0.3, -0.25) is 4.90 Å². The molecule has 1 unspecified atom stereocenters. The molecule has 1 fully saturated rings. The van der Waals surface area contributed by atoms with Gasteiger partial charge in [0, 0.05) is 30.3 Å². The molecule has 0 saturated carbocycles. The van der Waals surface area contributed by atoms with E-state index in [0.717, 1.165) is 19.4 Å². The van der Waals surface area contributed by atoms with Gasteiger partial charge in [-0.05, 0) is 49.7 Å². The van der Waals surface area contributed by atoms with Crippen LogP contribution in [0.2, 0.25) is 0 Å². The minimum absolute atomic E-state index is 0.0258. The number of anilines is 1. The Morgan fingerprint density at radius 3 is 2.75 bits per heavy atom. The van der Waals surface area contributed by atoms with Gasteiger partial charge in [0.15, 0.2) is 0 Å². The van der Waals surface area contributed by atoms with E-state index in [1.165, 1.54) is 6.07 Å². The summed E-state index contributed by atoms with van der Waals surface area (Å²) in [7, 11) is 1.58. The number of urea groups is 1. The van der Waals surface area contributed by atoms with Crippen molar-refractivity contribution in [2.75, 3.05) is 25.5 Å². The maximum absolute atomic E-state index is 13.9. The number of benzene rings is 2. The number of halogens is 1. The predicted molar refractivity (Wildman–Crippen MR) is 108 cm³/mol. The minimum Gasteiger partial charge on any atom is -0.497 e. The molecule has 2 amide bonds. The number of carbonyl (C=O) groups excluding carboxylic acids is 1. The predicted octanol–water partition coefficient (Wildman–Crippen LogP) is 3.64. The summed E-state index contributed by atoms with van der Waals surface area (Å²) in [5.74, 6) is 0.787. The maximum Gasteiger partial charge on any atom is 0.347 e. The van der Waals surface area contributed by atoms with Crippen LogP contribution in [0.15, 0.2) is 53.5 Å². The molecule has 148 valence electrons. The van der Waals surface area contributed by atoms with Crippen LogP contribution in [-0.4, -0.2) is 37.0 Å². The number of aliphatic imine (C=N–C) groups is 1. The quantitative estimate of drug-likeness (QED) is 0.609. The van der Waals surface area contributed by atoms with Crippen LogP contribution >= 0.6 is 0 Å². The number of piperidine rings is 1. The lowest BCUT2D eigenvalue weighted by Gasteiger charge is -2.32. The molecular formula is C21H25FN4O2. The molecule has 1 atom stereocenters. The van der Waals surface area contributed by atoms with E-state index >= 15 is 0 Å². The number of likely N-dealkylation sites (tertiary alicyclic amines) is 1. The molecule has 1 heterocycles. The van der Waals surface area contributed by atoms with Crippen molar-refractivity contribution in [3.05, 3.63) is 59.9 Å². The van der Waals surface area contributed by atoms with E-state index in [0.29, 0.717) is 35.9 Å². The van der Waals surface area contributed by atoms with E-state index in [1.807, 2.05) is 6.07 Å². The summed E-state index contributed by atoms with van der Waals surface area (Å²) >= 11 is 0. The van der Waals surface area contributed by atoms with E-state index in [9.17, 15) is 9.18 Å². The molecule has 28 heavy (non-hydrogen) atoms. The Hall–Kier alpha value is -2.93. The SMILES string of the molecule is COc1ccc(NC(=O)/N=C(\N)C2CCCN(Cc3ccccc3F)C2)cc1. The first-order chi connectivity index (χ1) is 13.5. The second-order valence-corrected chi connectivity index (χ2v) is 6.86. The van der Waals surface area contributed by atoms with E-state index in [-0.39, 0.29) is 11.7 Å². The summed E-state index contributed by atoms with van der Waals surface area (Å²) in [5.41, 5.74) is 7.38. The van der Waals surface area contributed by atoms with Crippen molar-refractivity contribution in [2.45, 2.75) is 19.4 Å². The standard InChI is InChI=1S/C21H25FN4O2/c1-28-18-10-8-17(9-11-18)24-21(27)25-20(23)16-6-4-12-26(14-16)13-15-5-2-3-7-19(15)22/h2-3,5,7-11,16H,4,6,12-14H2,1H3,(H3,23,24,25,27). The molecule has 1 saturated heterocycles. The number of hydrogen-bond donors (Lipinski definition) is 2. The van der Waals surface area contributed by atoms with E-state index < -0.39 is 6.03 Å². The molecule has 0 spiro atoms. The summed E-state index contributed by atoms with van der Waals surface area (Å²) in [4.78, 5) is 18.3. The average Bonchev–Trinajstić information content (AvgIpc) is 2.70. The van der Waals surface area contributed by atoms with Crippen LogP contribution in [-0.2, 0) is 6.54 Å². The highest BCUT2D eigenvalue weighted by molar-refractivity contribution is 6.00. The number of amidine groups is 1. The summed E-state index contributed by atoms with van der Waals surface area (Å²) in [5, 5.41) is 2.70. The third kappa shape index (κ3) is 5.29. The van der Waals surface area contributed by atoms with Crippen LogP contribution in [0.1, 0.15) is 18.4 Å². The van der Waals surface area contributed by atoms with Crippen LogP contribution in [0, 0.1) is 11.7 Å². The molecule has 1 aliphatic rings. The average molecular weight is 384 g/mol. The van der Waals surface area contributed by atoms with Gasteiger partial charge in [-0.25, -0.2) is 9.18 Å². The molecule has 0 aromatic heterocycles. The molecule has 3 rings (SSSR count). The zero-order chi connectivity index (χ0) is 19.9. The highest BCUT2D eigenvalue weighted by atomic mass is 19.1. The fourth-order valence-electron chi connectivity index (χ4n) is 3.34. The van der Waals surface area contributed by atoms with Crippen molar-refractivity contribution < 1.29 is 13.9 Å². The number of hydrogen-bond acceptors (Lipinski definition) is 3. The fraction of sp³-hybridized carbons (Fsp3) is 0.333. The molecule has 2 aromatic rings. The number of nitrogens with one attached hydrogen (secondary N) is 1. The molecule has 0 radical (unpaired) electrons. The molecule has 0 bridgehead atoms. The van der Waals surface area contributed by atoms with Gasteiger partial charge in [-0.2, -0.15) is 4.99 Å². The number of carbonyl (C=O) groups is 1. The maximum atomic E-state index is 13.9. The molecule has 7 heteroatoms. The number of nitrogens with zero attached hydrogens (tertiary/aromatic N) is 2. The normalized spacial score (nSPS) is 17.9. The molecule has 3 N–H and O–H groups in total. The monoisotopic (exact) mass is 384 g/mol.